The maximum absolute atomic E-state index is 12.5. The van der Waals surface area contributed by atoms with E-state index >= 15 is 0 Å². The van der Waals surface area contributed by atoms with Crippen LogP contribution < -0.4 is 5.73 Å². The molecule has 0 spiro atoms. The minimum atomic E-state index is -4.67. The Labute approximate surface area is 89.2 Å². The number of alkyl halides is 3. The number of esters is 1. The maximum atomic E-state index is 12.5. The lowest BCUT2D eigenvalue weighted by atomic mass is 10.1. The van der Waals surface area contributed by atoms with Crippen LogP contribution in [0.1, 0.15) is 22.8 Å². The Kier molecular flexibility index (Phi) is 3.36. The van der Waals surface area contributed by atoms with Crippen molar-refractivity contribution in [2.45, 2.75) is 13.1 Å². The number of aromatic nitrogens is 1. The molecule has 0 aliphatic carbocycles. The molecule has 4 nitrogen and oxygen atoms in total. The van der Waals surface area contributed by atoms with Gasteiger partial charge in [0.25, 0.3) is 0 Å². The van der Waals surface area contributed by atoms with E-state index in [1.54, 1.807) is 0 Å². The van der Waals surface area contributed by atoms with Crippen molar-refractivity contribution in [1.29, 1.82) is 0 Å². The van der Waals surface area contributed by atoms with Gasteiger partial charge in [-0.3, -0.25) is 0 Å². The standard InChI is InChI=1S/C9H9F3N2O2/c1-2-16-8(15)5-4-14-7(13)3-6(5)9(10,11)12/h3-4H,2H2,1H3,(H2,13,14). The van der Waals surface area contributed by atoms with Gasteiger partial charge in [0, 0.05) is 6.20 Å². The first-order valence-electron chi connectivity index (χ1n) is 4.36. The third-order valence-corrected chi connectivity index (χ3v) is 1.73. The van der Waals surface area contributed by atoms with Crippen LogP contribution in [0.4, 0.5) is 19.0 Å². The molecule has 88 valence electrons. The van der Waals surface area contributed by atoms with Crippen LogP contribution in [-0.2, 0) is 10.9 Å². The van der Waals surface area contributed by atoms with Crippen LogP contribution in [0.15, 0.2) is 12.3 Å². The molecule has 1 aromatic rings. The molecule has 1 rings (SSSR count). The van der Waals surface area contributed by atoms with Crippen molar-refractivity contribution < 1.29 is 22.7 Å². The zero-order valence-electron chi connectivity index (χ0n) is 8.34. The number of nitrogen functional groups attached to an aromatic ring is 1. The van der Waals surface area contributed by atoms with E-state index in [0.29, 0.717) is 6.07 Å². The van der Waals surface area contributed by atoms with Crippen LogP contribution in [0.3, 0.4) is 0 Å². The van der Waals surface area contributed by atoms with E-state index in [1.807, 2.05) is 0 Å². The van der Waals surface area contributed by atoms with Crippen molar-refractivity contribution in [3.8, 4) is 0 Å². The number of nitrogens with zero attached hydrogens (tertiary/aromatic N) is 1. The summed E-state index contributed by atoms with van der Waals surface area (Å²) in [5.41, 5.74) is 3.36. The number of carbonyl (C=O) groups excluding carboxylic acids is 1. The molecular formula is C9H9F3N2O2. The van der Waals surface area contributed by atoms with Crippen molar-refractivity contribution >= 4 is 11.8 Å². The van der Waals surface area contributed by atoms with Crippen molar-refractivity contribution in [3.63, 3.8) is 0 Å². The molecule has 0 bridgehead atoms. The van der Waals surface area contributed by atoms with Gasteiger partial charge in [-0.15, -0.1) is 0 Å². The summed E-state index contributed by atoms with van der Waals surface area (Å²) in [6.07, 6.45) is -3.91. The first-order chi connectivity index (χ1) is 7.36. The van der Waals surface area contributed by atoms with E-state index in [4.69, 9.17) is 5.73 Å². The highest BCUT2D eigenvalue weighted by Gasteiger charge is 2.36. The number of hydrogen-bond donors (Lipinski definition) is 1. The molecule has 0 amide bonds. The molecule has 16 heavy (non-hydrogen) atoms. The zero-order valence-corrected chi connectivity index (χ0v) is 8.34. The number of nitrogens with two attached hydrogens (primary N) is 1. The van der Waals surface area contributed by atoms with Crippen molar-refractivity contribution in [3.05, 3.63) is 23.4 Å². The first-order valence-corrected chi connectivity index (χ1v) is 4.36. The van der Waals surface area contributed by atoms with Gasteiger partial charge in [0.2, 0.25) is 0 Å². The minimum Gasteiger partial charge on any atom is -0.462 e. The summed E-state index contributed by atoms with van der Waals surface area (Å²) in [5, 5.41) is 0. The molecule has 7 heteroatoms. The smallest absolute Gasteiger partial charge is 0.417 e. The molecule has 1 aromatic heterocycles. The molecule has 0 unspecified atom stereocenters. The fraction of sp³-hybridized carbons (Fsp3) is 0.333. The molecular weight excluding hydrogens is 225 g/mol. The van der Waals surface area contributed by atoms with E-state index in [1.165, 1.54) is 6.92 Å². The molecule has 1 heterocycles. The summed E-state index contributed by atoms with van der Waals surface area (Å²) in [6, 6.07) is 0.603. The number of carbonyl (C=O) groups is 1. The van der Waals surface area contributed by atoms with Crippen LogP contribution in [-0.4, -0.2) is 17.6 Å². The highest BCUT2D eigenvalue weighted by Crippen LogP contribution is 2.32. The van der Waals surface area contributed by atoms with Gasteiger partial charge in [0.05, 0.1) is 17.7 Å². The van der Waals surface area contributed by atoms with Gasteiger partial charge in [-0.25, -0.2) is 9.78 Å². The molecule has 0 aromatic carbocycles. The number of hydrogen-bond acceptors (Lipinski definition) is 4. The number of rotatable bonds is 2. The van der Waals surface area contributed by atoms with E-state index < -0.39 is 23.3 Å². The van der Waals surface area contributed by atoms with Crippen molar-refractivity contribution in [1.82, 2.24) is 4.98 Å². The molecule has 0 aliphatic rings. The van der Waals surface area contributed by atoms with Crippen LogP contribution >= 0.6 is 0 Å². The van der Waals surface area contributed by atoms with Crippen LogP contribution in [0.25, 0.3) is 0 Å². The lowest BCUT2D eigenvalue weighted by Gasteiger charge is -2.11. The Hall–Kier alpha value is -1.79. The second-order valence-corrected chi connectivity index (χ2v) is 2.87. The van der Waals surface area contributed by atoms with Crippen molar-refractivity contribution in [2.24, 2.45) is 0 Å². The number of ether oxygens (including phenoxy) is 1. The molecule has 2 N–H and O–H groups in total. The average Bonchev–Trinajstić information content (AvgIpc) is 2.16. The Morgan fingerprint density at radius 1 is 1.56 bits per heavy atom. The number of anilines is 1. The second kappa shape index (κ2) is 4.38. The summed E-state index contributed by atoms with van der Waals surface area (Å²) >= 11 is 0. The molecule has 0 saturated heterocycles. The summed E-state index contributed by atoms with van der Waals surface area (Å²) in [7, 11) is 0. The average molecular weight is 234 g/mol. The summed E-state index contributed by atoms with van der Waals surface area (Å²) < 4.78 is 42.1. The van der Waals surface area contributed by atoms with Gasteiger partial charge < -0.3 is 10.5 Å². The topological polar surface area (TPSA) is 65.2 Å². The van der Waals surface area contributed by atoms with Gasteiger partial charge in [0.15, 0.2) is 0 Å². The van der Waals surface area contributed by atoms with Crippen LogP contribution in [0, 0.1) is 0 Å². The first kappa shape index (κ1) is 12.3. The third-order valence-electron chi connectivity index (χ3n) is 1.73. The fourth-order valence-corrected chi connectivity index (χ4v) is 1.08. The number of halogens is 3. The predicted octanol–water partition coefficient (Wildman–Crippen LogP) is 1.86. The highest BCUT2D eigenvalue weighted by molar-refractivity contribution is 5.91. The van der Waals surface area contributed by atoms with E-state index in [2.05, 4.69) is 9.72 Å². The second-order valence-electron chi connectivity index (χ2n) is 2.87. The maximum Gasteiger partial charge on any atom is 0.417 e. The summed E-state index contributed by atoms with van der Waals surface area (Å²) in [4.78, 5) is 14.7. The van der Waals surface area contributed by atoms with Gasteiger partial charge in [-0.05, 0) is 13.0 Å². The SMILES string of the molecule is CCOC(=O)c1cnc(N)cc1C(F)(F)F. The Balaban J connectivity index is 3.23. The molecule has 0 aliphatic heterocycles. The lowest BCUT2D eigenvalue weighted by molar-refractivity contribution is -0.138. The predicted molar refractivity (Wildman–Crippen MR) is 49.6 cm³/mol. The zero-order chi connectivity index (χ0) is 12.3. The lowest BCUT2D eigenvalue weighted by Crippen LogP contribution is -2.16. The minimum absolute atomic E-state index is 0.0134. The van der Waals surface area contributed by atoms with E-state index in [-0.39, 0.29) is 12.4 Å². The summed E-state index contributed by atoms with van der Waals surface area (Å²) in [5.74, 6) is -1.37. The largest absolute Gasteiger partial charge is 0.462 e. The van der Waals surface area contributed by atoms with E-state index in [0.717, 1.165) is 6.20 Å². The highest BCUT2D eigenvalue weighted by atomic mass is 19.4. The Morgan fingerprint density at radius 2 is 2.19 bits per heavy atom. The molecule has 0 saturated carbocycles. The monoisotopic (exact) mass is 234 g/mol. The molecule has 0 atom stereocenters. The number of pyridine rings is 1. The van der Waals surface area contributed by atoms with Crippen molar-refractivity contribution in [2.75, 3.05) is 12.3 Å². The normalized spacial score (nSPS) is 11.2. The fourth-order valence-electron chi connectivity index (χ4n) is 1.08. The summed E-state index contributed by atoms with van der Waals surface area (Å²) in [6.45, 7) is 1.48. The van der Waals surface area contributed by atoms with Gasteiger partial charge in [-0.1, -0.05) is 0 Å². The van der Waals surface area contributed by atoms with E-state index in [9.17, 15) is 18.0 Å². The molecule has 0 radical (unpaired) electrons. The molecule has 0 fully saturated rings. The van der Waals surface area contributed by atoms with Crippen LogP contribution in [0.2, 0.25) is 0 Å². The Morgan fingerprint density at radius 3 is 2.69 bits per heavy atom. The van der Waals surface area contributed by atoms with Gasteiger partial charge >= 0.3 is 12.1 Å². The van der Waals surface area contributed by atoms with Gasteiger partial charge in [0.1, 0.15) is 5.82 Å². The Bertz CT molecular complexity index is 404. The van der Waals surface area contributed by atoms with Gasteiger partial charge in [-0.2, -0.15) is 13.2 Å². The third kappa shape index (κ3) is 2.62. The quantitative estimate of drug-likeness (QED) is 0.793. The van der Waals surface area contributed by atoms with Crippen LogP contribution in [0.5, 0.6) is 0 Å².